The highest BCUT2D eigenvalue weighted by Crippen LogP contribution is 2.34. The molecular formula is C14H11FN2O3. The molecular weight excluding hydrogens is 263 g/mol. The van der Waals surface area contributed by atoms with Gasteiger partial charge < -0.3 is 4.52 Å². The zero-order valence-corrected chi connectivity index (χ0v) is 10.9. The van der Waals surface area contributed by atoms with Crippen molar-refractivity contribution in [1.29, 1.82) is 0 Å². The summed E-state index contributed by atoms with van der Waals surface area (Å²) < 4.78 is 18.3. The first-order valence-corrected chi connectivity index (χ1v) is 6.06. The number of rotatable bonds is 2. The van der Waals surface area contributed by atoms with Gasteiger partial charge >= 0.3 is 0 Å². The second kappa shape index (κ2) is 4.26. The van der Waals surface area contributed by atoms with Crippen LogP contribution in [0.25, 0.3) is 0 Å². The van der Waals surface area contributed by atoms with Crippen molar-refractivity contribution in [2.75, 3.05) is 4.90 Å². The number of amides is 1. The fourth-order valence-corrected chi connectivity index (χ4v) is 2.41. The first-order valence-electron chi connectivity index (χ1n) is 6.06. The summed E-state index contributed by atoms with van der Waals surface area (Å²) in [5.41, 5.74) is 1.63. The predicted octanol–water partition coefficient (Wildman–Crippen LogP) is 2.16. The van der Waals surface area contributed by atoms with E-state index in [2.05, 4.69) is 5.16 Å². The molecule has 1 aliphatic heterocycles. The maximum atomic E-state index is 13.4. The van der Waals surface area contributed by atoms with E-state index in [1.165, 1.54) is 11.0 Å². The number of halogens is 1. The van der Waals surface area contributed by atoms with E-state index in [0.717, 1.165) is 6.07 Å². The maximum Gasteiger partial charge on any atom is 0.299 e. The van der Waals surface area contributed by atoms with Crippen LogP contribution in [0.1, 0.15) is 27.4 Å². The van der Waals surface area contributed by atoms with Crippen molar-refractivity contribution in [1.82, 2.24) is 5.16 Å². The van der Waals surface area contributed by atoms with Crippen LogP contribution in [-0.2, 0) is 11.3 Å². The Morgan fingerprint density at radius 3 is 2.65 bits per heavy atom. The van der Waals surface area contributed by atoms with Crippen LogP contribution in [0.3, 0.4) is 0 Å². The van der Waals surface area contributed by atoms with Gasteiger partial charge in [-0.25, -0.2) is 4.39 Å². The number of carbonyl (C=O) groups is 2. The van der Waals surface area contributed by atoms with Gasteiger partial charge in [-0.15, -0.1) is 0 Å². The average Bonchev–Trinajstić information content (AvgIpc) is 2.88. The van der Waals surface area contributed by atoms with Gasteiger partial charge in [0, 0.05) is 6.07 Å². The van der Waals surface area contributed by atoms with Gasteiger partial charge in [0.15, 0.2) is 0 Å². The van der Waals surface area contributed by atoms with Gasteiger partial charge in [0.1, 0.15) is 17.3 Å². The van der Waals surface area contributed by atoms with E-state index in [9.17, 15) is 14.0 Å². The van der Waals surface area contributed by atoms with E-state index < -0.39 is 17.5 Å². The summed E-state index contributed by atoms with van der Waals surface area (Å²) in [6.45, 7) is 3.53. The van der Waals surface area contributed by atoms with Crippen molar-refractivity contribution in [3.05, 3.63) is 46.6 Å². The summed E-state index contributed by atoms with van der Waals surface area (Å²) in [4.78, 5) is 25.2. The second-order valence-electron chi connectivity index (χ2n) is 4.77. The molecule has 0 spiro atoms. The molecule has 1 aromatic carbocycles. The molecule has 5 nitrogen and oxygen atoms in total. The van der Waals surface area contributed by atoms with Gasteiger partial charge in [0.25, 0.3) is 11.7 Å². The third-order valence-electron chi connectivity index (χ3n) is 3.22. The summed E-state index contributed by atoms with van der Waals surface area (Å²) in [6, 6.07) is 4.08. The molecule has 0 fully saturated rings. The molecule has 1 amide bonds. The van der Waals surface area contributed by atoms with Crippen LogP contribution in [0.2, 0.25) is 0 Å². The number of hydrogen-bond acceptors (Lipinski definition) is 4. The van der Waals surface area contributed by atoms with Crippen molar-refractivity contribution < 1.29 is 18.5 Å². The first kappa shape index (κ1) is 12.5. The van der Waals surface area contributed by atoms with E-state index in [-0.39, 0.29) is 12.1 Å². The predicted molar refractivity (Wildman–Crippen MR) is 67.9 cm³/mol. The minimum atomic E-state index is -0.692. The minimum absolute atomic E-state index is 0.104. The minimum Gasteiger partial charge on any atom is -0.361 e. The lowest BCUT2D eigenvalue weighted by molar-refractivity contribution is -0.114. The number of Topliss-reactive ketones (excluding diaryl/α,β-unsaturated/α-hetero) is 1. The van der Waals surface area contributed by atoms with Crippen LogP contribution in [0, 0.1) is 19.7 Å². The number of benzene rings is 1. The van der Waals surface area contributed by atoms with Crippen LogP contribution in [-0.4, -0.2) is 16.8 Å². The molecule has 0 atom stereocenters. The zero-order valence-electron chi connectivity index (χ0n) is 10.9. The maximum absolute atomic E-state index is 13.4. The van der Waals surface area contributed by atoms with Crippen LogP contribution < -0.4 is 4.90 Å². The first-order chi connectivity index (χ1) is 9.47. The summed E-state index contributed by atoms with van der Waals surface area (Å²) in [5.74, 6) is -1.27. The van der Waals surface area contributed by atoms with Crippen LogP contribution in [0.5, 0.6) is 0 Å². The van der Waals surface area contributed by atoms with E-state index in [4.69, 9.17) is 4.52 Å². The van der Waals surface area contributed by atoms with Gasteiger partial charge in [-0.3, -0.25) is 14.5 Å². The van der Waals surface area contributed by atoms with Crippen LogP contribution in [0.15, 0.2) is 22.7 Å². The standard InChI is InChI=1S/C14H11FN2O3/c1-7-3-9(15)5-11-12(7)17(14(19)13(11)18)6-10-4-8(2)20-16-10/h3-5H,6H2,1-2H3. The van der Waals surface area contributed by atoms with E-state index in [1.807, 2.05) is 0 Å². The molecule has 0 N–H and O–H groups in total. The number of aromatic nitrogens is 1. The fraction of sp³-hybridized carbons (Fsp3) is 0.214. The monoisotopic (exact) mass is 274 g/mol. The molecule has 2 heterocycles. The average molecular weight is 274 g/mol. The fourth-order valence-electron chi connectivity index (χ4n) is 2.41. The van der Waals surface area contributed by atoms with Crippen molar-refractivity contribution in [2.45, 2.75) is 20.4 Å². The van der Waals surface area contributed by atoms with Crippen LogP contribution >= 0.6 is 0 Å². The Balaban J connectivity index is 2.06. The summed E-state index contributed by atoms with van der Waals surface area (Å²) >= 11 is 0. The molecule has 0 aliphatic carbocycles. The Hall–Kier alpha value is -2.50. The van der Waals surface area contributed by atoms with Crippen molar-refractivity contribution in [3.63, 3.8) is 0 Å². The van der Waals surface area contributed by atoms with Gasteiger partial charge in [-0.1, -0.05) is 5.16 Å². The van der Waals surface area contributed by atoms with Gasteiger partial charge in [0.2, 0.25) is 0 Å². The lowest BCUT2D eigenvalue weighted by Gasteiger charge is -2.16. The summed E-state index contributed by atoms with van der Waals surface area (Å²) in [7, 11) is 0. The molecule has 1 aliphatic rings. The quantitative estimate of drug-likeness (QED) is 0.787. The summed E-state index contributed by atoms with van der Waals surface area (Å²) in [5, 5.41) is 3.80. The number of anilines is 1. The van der Waals surface area contributed by atoms with Gasteiger partial charge in [-0.05, 0) is 31.5 Å². The molecule has 0 saturated carbocycles. The second-order valence-corrected chi connectivity index (χ2v) is 4.77. The molecule has 2 aromatic rings. The number of nitrogens with zero attached hydrogens (tertiary/aromatic N) is 2. The Bertz CT molecular complexity index is 736. The number of fused-ring (bicyclic) bond motifs is 1. The molecule has 102 valence electrons. The largest absolute Gasteiger partial charge is 0.361 e. The SMILES string of the molecule is Cc1cc(CN2C(=O)C(=O)c3cc(F)cc(C)c32)no1. The molecule has 6 heteroatoms. The Morgan fingerprint density at radius 2 is 2.00 bits per heavy atom. The van der Waals surface area contributed by atoms with Crippen molar-refractivity contribution >= 4 is 17.4 Å². The van der Waals surface area contributed by atoms with E-state index in [0.29, 0.717) is 22.7 Å². The molecule has 20 heavy (non-hydrogen) atoms. The number of ketones is 1. The molecule has 0 radical (unpaired) electrons. The Labute approximate surface area is 114 Å². The van der Waals surface area contributed by atoms with E-state index >= 15 is 0 Å². The molecule has 0 saturated heterocycles. The Morgan fingerprint density at radius 1 is 1.25 bits per heavy atom. The van der Waals surface area contributed by atoms with Crippen molar-refractivity contribution in [3.8, 4) is 0 Å². The third-order valence-corrected chi connectivity index (χ3v) is 3.22. The third kappa shape index (κ3) is 1.80. The van der Waals surface area contributed by atoms with Crippen molar-refractivity contribution in [2.24, 2.45) is 0 Å². The Kier molecular flexibility index (Phi) is 2.67. The normalized spacial score (nSPS) is 14.1. The van der Waals surface area contributed by atoms with Crippen LogP contribution in [0.4, 0.5) is 10.1 Å². The zero-order chi connectivity index (χ0) is 14.4. The number of aryl methyl sites for hydroxylation is 2. The van der Waals surface area contributed by atoms with Gasteiger partial charge in [0.05, 0.1) is 17.8 Å². The molecule has 3 rings (SSSR count). The molecule has 0 bridgehead atoms. The lowest BCUT2D eigenvalue weighted by atomic mass is 10.1. The number of hydrogen-bond donors (Lipinski definition) is 0. The topological polar surface area (TPSA) is 63.4 Å². The highest BCUT2D eigenvalue weighted by atomic mass is 19.1. The van der Waals surface area contributed by atoms with Gasteiger partial charge in [-0.2, -0.15) is 0 Å². The van der Waals surface area contributed by atoms with E-state index in [1.54, 1.807) is 19.9 Å². The lowest BCUT2D eigenvalue weighted by Crippen LogP contribution is -2.29. The number of carbonyl (C=O) groups excluding carboxylic acids is 2. The highest BCUT2D eigenvalue weighted by molar-refractivity contribution is 6.52. The molecule has 1 aromatic heterocycles. The smallest absolute Gasteiger partial charge is 0.299 e. The summed E-state index contributed by atoms with van der Waals surface area (Å²) in [6.07, 6.45) is 0. The highest BCUT2D eigenvalue weighted by Gasteiger charge is 2.37. The molecule has 0 unspecified atom stereocenters.